The fourth-order valence-corrected chi connectivity index (χ4v) is 2.86. The van der Waals surface area contributed by atoms with Crippen LogP contribution in [-0.4, -0.2) is 49.4 Å². The summed E-state index contributed by atoms with van der Waals surface area (Å²) in [4.78, 5) is 26.6. The van der Waals surface area contributed by atoms with Gasteiger partial charge in [0.2, 0.25) is 0 Å². The molecule has 0 aromatic carbocycles. The van der Waals surface area contributed by atoms with Crippen molar-refractivity contribution in [3.8, 4) is 5.75 Å². The number of alkyl halides is 3. The lowest BCUT2D eigenvalue weighted by molar-refractivity contribution is -0.135. The molecule has 2 aromatic heterocycles. The second-order valence-electron chi connectivity index (χ2n) is 5.90. The molecule has 12 heteroatoms. The molecule has 1 aliphatic carbocycles. The van der Waals surface area contributed by atoms with Crippen molar-refractivity contribution >= 4 is 17.5 Å². The molecular formula is C16H12F4N4O4. The Morgan fingerprint density at radius 2 is 2.07 bits per heavy atom. The van der Waals surface area contributed by atoms with E-state index in [-0.39, 0.29) is 16.9 Å². The van der Waals surface area contributed by atoms with Crippen molar-refractivity contribution in [2.45, 2.75) is 18.5 Å². The Hall–Kier alpha value is -3.44. The standard InChI is InChI=1S/C16H12F4N4O4/c17-9-2-1-7(3-8(9)16(18,19)20)10-4-11(25)13(14-22-6-23-24(10)14)15(28)21-5-12(26)27/h1-2,4,6-7,25H,3,5H2,(H,21,28)(H,26,27). The molecule has 148 valence electrons. The van der Waals surface area contributed by atoms with Crippen LogP contribution in [0.1, 0.15) is 28.4 Å². The minimum Gasteiger partial charge on any atom is -0.507 e. The van der Waals surface area contributed by atoms with Crippen molar-refractivity contribution in [1.29, 1.82) is 0 Å². The van der Waals surface area contributed by atoms with Crippen molar-refractivity contribution < 1.29 is 37.4 Å². The van der Waals surface area contributed by atoms with Crippen molar-refractivity contribution in [3.63, 3.8) is 0 Å². The number of carbonyl (C=O) groups is 2. The van der Waals surface area contributed by atoms with Crippen LogP contribution in [0, 0.1) is 0 Å². The minimum atomic E-state index is -4.87. The van der Waals surface area contributed by atoms with Crippen LogP contribution >= 0.6 is 0 Å². The molecule has 2 heterocycles. The lowest BCUT2D eigenvalue weighted by atomic mass is 9.90. The highest BCUT2D eigenvalue weighted by atomic mass is 19.4. The van der Waals surface area contributed by atoms with Gasteiger partial charge in [0.15, 0.2) is 5.65 Å². The molecule has 1 aliphatic rings. The van der Waals surface area contributed by atoms with Gasteiger partial charge in [0.05, 0.1) is 11.3 Å². The van der Waals surface area contributed by atoms with Crippen LogP contribution in [0.4, 0.5) is 17.6 Å². The van der Waals surface area contributed by atoms with Gasteiger partial charge >= 0.3 is 12.1 Å². The molecule has 1 atom stereocenters. The molecular weight excluding hydrogens is 388 g/mol. The number of hydrogen-bond donors (Lipinski definition) is 3. The summed E-state index contributed by atoms with van der Waals surface area (Å²) in [5.74, 6) is -5.29. The van der Waals surface area contributed by atoms with E-state index < -0.39 is 54.1 Å². The number of aromatic nitrogens is 3. The van der Waals surface area contributed by atoms with E-state index in [9.17, 15) is 32.3 Å². The van der Waals surface area contributed by atoms with Gasteiger partial charge in [0.1, 0.15) is 30.0 Å². The number of aromatic hydroxyl groups is 1. The second kappa shape index (κ2) is 6.94. The van der Waals surface area contributed by atoms with Crippen LogP contribution in [0.2, 0.25) is 0 Å². The van der Waals surface area contributed by atoms with Gasteiger partial charge in [-0.25, -0.2) is 13.9 Å². The highest BCUT2D eigenvalue weighted by molar-refractivity contribution is 6.03. The number of rotatable bonds is 4. The summed E-state index contributed by atoms with van der Waals surface area (Å²) in [6.45, 7) is -0.718. The Morgan fingerprint density at radius 1 is 1.36 bits per heavy atom. The predicted octanol–water partition coefficient (Wildman–Crippen LogP) is 2.08. The summed E-state index contributed by atoms with van der Waals surface area (Å²) < 4.78 is 53.7. The summed E-state index contributed by atoms with van der Waals surface area (Å²) in [7, 11) is 0. The topological polar surface area (TPSA) is 117 Å². The normalized spacial score (nSPS) is 17.2. The van der Waals surface area contributed by atoms with Crippen molar-refractivity contribution in [3.05, 3.63) is 47.2 Å². The van der Waals surface area contributed by atoms with E-state index in [1.54, 1.807) is 0 Å². The zero-order chi connectivity index (χ0) is 20.6. The van der Waals surface area contributed by atoms with Gasteiger partial charge in [0, 0.05) is 12.0 Å². The lowest BCUT2D eigenvalue weighted by Crippen LogP contribution is -2.30. The zero-order valence-electron chi connectivity index (χ0n) is 13.9. The molecule has 0 spiro atoms. The average Bonchev–Trinajstić information content (AvgIpc) is 3.07. The third kappa shape index (κ3) is 3.52. The Bertz CT molecular complexity index is 1030. The molecule has 1 amide bonds. The average molecular weight is 400 g/mol. The SMILES string of the molecule is O=C(O)CNC(=O)c1c(O)cc(C2C=CC(F)=C(C(F)(F)F)C2)n2ncnc12. The predicted molar refractivity (Wildman–Crippen MR) is 85.3 cm³/mol. The number of halogens is 4. The second-order valence-corrected chi connectivity index (χ2v) is 5.90. The molecule has 0 saturated heterocycles. The third-order valence-electron chi connectivity index (χ3n) is 4.09. The molecule has 0 aliphatic heterocycles. The fourth-order valence-electron chi connectivity index (χ4n) is 2.86. The quantitative estimate of drug-likeness (QED) is 0.677. The largest absolute Gasteiger partial charge is 0.507 e. The van der Waals surface area contributed by atoms with E-state index in [2.05, 4.69) is 15.4 Å². The Balaban J connectivity index is 2.03. The van der Waals surface area contributed by atoms with Gasteiger partial charge in [-0.3, -0.25) is 9.59 Å². The van der Waals surface area contributed by atoms with Crippen molar-refractivity contribution in [2.75, 3.05) is 6.54 Å². The smallest absolute Gasteiger partial charge is 0.415 e. The maximum atomic E-state index is 13.6. The number of pyridine rings is 1. The van der Waals surface area contributed by atoms with E-state index in [4.69, 9.17) is 5.11 Å². The molecule has 3 rings (SSSR count). The first-order chi connectivity index (χ1) is 13.1. The maximum absolute atomic E-state index is 13.6. The lowest BCUT2D eigenvalue weighted by Gasteiger charge is -2.22. The van der Waals surface area contributed by atoms with Crippen LogP contribution in [-0.2, 0) is 4.79 Å². The van der Waals surface area contributed by atoms with Gasteiger partial charge in [-0.1, -0.05) is 6.08 Å². The van der Waals surface area contributed by atoms with Crippen LogP contribution in [0.25, 0.3) is 5.65 Å². The fraction of sp³-hybridized carbons (Fsp3) is 0.250. The number of carbonyl (C=O) groups excluding carboxylic acids is 1. The Labute approximate surface area is 153 Å². The molecule has 0 fully saturated rings. The number of allylic oxidation sites excluding steroid dienone is 4. The first kappa shape index (κ1) is 19.3. The van der Waals surface area contributed by atoms with E-state index in [0.717, 1.165) is 16.9 Å². The molecule has 1 unspecified atom stereocenters. The minimum absolute atomic E-state index is 0.0466. The molecule has 8 nitrogen and oxygen atoms in total. The molecule has 2 aromatic rings. The van der Waals surface area contributed by atoms with Gasteiger partial charge in [-0.15, -0.1) is 0 Å². The van der Waals surface area contributed by atoms with Crippen molar-refractivity contribution in [1.82, 2.24) is 19.9 Å². The van der Waals surface area contributed by atoms with E-state index in [1.807, 2.05) is 0 Å². The van der Waals surface area contributed by atoms with Crippen LogP contribution in [0.3, 0.4) is 0 Å². The van der Waals surface area contributed by atoms with Gasteiger partial charge in [0.25, 0.3) is 5.91 Å². The highest BCUT2D eigenvalue weighted by Gasteiger charge is 2.39. The zero-order valence-corrected chi connectivity index (χ0v) is 13.9. The monoisotopic (exact) mass is 400 g/mol. The summed E-state index contributed by atoms with van der Waals surface area (Å²) in [5, 5.41) is 24.8. The summed E-state index contributed by atoms with van der Waals surface area (Å²) in [6, 6.07) is 1.02. The highest BCUT2D eigenvalue weighted by Crippen LogP contribution is 2.41. The number of fused-ring (bicyclic) bond motifs is 1. The first-order valence-corrected chi connectivity index (χ1v) is 7.79. The number of carboxylic acids is 1. The summed E-state index contributed by atoms with van der Waals surface area (Å²) in [5.41, 5.74) is -1.88. The number of aliphatic carboxylic acids is 1. The van der Waals surface area contributed by atoms with Gasteiger partial charge < -0.3 is 15.5 Å². The van der Waals surface area contributed by atoms with Gasteiger partial charge in [-0.2, -0.15) is 18.3 Å². The maximum Gasteiger partial charge on any atom is 0.415 e. The number of carboxylic acid groups (broad SMARTS) is 1. The third-order valence-corrected chi connectivity index (χ3v) is 4.09. The van der Waals surface area contributed by atoms with Crippen LogP contribution < -0.4 is 5.32 Å². The molecule has 28 heavy (non-hydrogen) atoms. The molecule has 0 saturated carbocycles. The number of amides is 1. The molecule has 0 bridgehead atoms. The summed E-state index contributed by atoms with van der Waals surface area (Å²) in [6.07, 6.45) is -2.72. The van der Waals surface area contributed by atoms with Crippen LogP contribution in [0.15, 0.2) is 35.9 Å². The van der Waals surface area contributed by atoms with Crippen LogP contribution in [0.5, 0.6) is 5.75 Å². The number of nitrogens with zero attached hydrogens (tertiary/aromatic N) is 3. The van der Waals surface area contributed by atoms with Gasteiger partial charge in [-0.05, 0) is 12.5 Å². The van der Waals surface area contributed by atoms with E-state index >= 15 is 0 Å². The van der Waals surface area contributed by atoms with E-state index in [1.165, 1.54) is 6.08 Å². The number of nitrogens with one attached hydrogen (secondary N) is 1. The van der Waals surface area contributed by atoms with Crippen molar-refractivity contribution in [2.24, 2.45) is 0 Å². The van der Waals surface area contributed by atoms with E-state index in [0.29, 0.717) is 6.08 Å². The number of hydrogen-bond acceptors (Lipinski definition) is 5. The molecule has 3 N–H and O–H groups in total. The first-order valence-electron chi connectivity index (χ1n) is 7.79. The Kier molecular flexibility index (Phi) is 4.79. The Morgan fingerprint density at radius 3 is 2.71 bits per heavy atom. The molecule has 0 radical (unpaired) electrons. The summed E-state index contributed by atoms with van der Waals surface area (Å²) >= 11 is 0.